The highest BCUT2D eigenvalue weighted by Crippen LogP contribution is 2.11. The van der Waals surface area contributed by atoms with Crippen LogP contribution >= 0.6 is 0 Å². The number of rotatable bonds is 7. The molecule has 0 fully saturated rings. The molecule has 1 unspecified atom stereocenters. The topological polar surface area (TPSA) is 80.4 Å². The van der Waals surface area contributed by atoms with Gasteiger partial charge in [0, 0.05) is 6.42 Å². The summed E-state index contributed by atoms with van der Waals surface area (Å²) in [4.78, 5) is 21.8. The first-order valence-corrected chi connectivity index (χ1v) is 4.59. The normalized spacial score (nSPS) is 12.5. The number of ketones is 1. The second-order valence-electron chi connectivity index (χ2n) is 3.00. The second kappa shape index (κ2) is 6.60. The number of carbonyl (C=O) groups is 2. The minimum atomic E-state index is -1.01. The van der Waals surface area contributed by atoms with Gasteiger partial charge in [-0.3, -0.25) is 9.59 Å². The summed E-state index contributed by atoms with van der Waals surface area (Å²) in [7, 11) is 0. The van der Waals surface area contributed by atoms with Crippen molar-refractivity contribution < 1.29 is 14.7 Å². The van der Waals surface area contributed by atoms with Crippen LogP contribution in [0.25, 0.3) is 0 Å². The largest absolute Gasteiger partial charge is 0.481 e. The molecule has 0 aromatic heterocycles. The van der Waals surface area contributed by atoms with Crippen LogP contribution in [0.1, 0.15) is 32.6 Å². The quantitative estimate of drug-likeness (QED) is 0.456. The predicted molar refractivity (Wildman–Crippen MR) is 49.3 cm³/mol. The molecule has 0 aliphatic rings. The van der Waals surface area contributed by atoms with Gasteiger partial charge in [0.25, 0.3) is 0 Å². The molecule has 1 atom stereocenters. The summed E-state index contributed by atoms with van der Waals surface area (Å²) in [6.07, 6.45) is 2.19. The minimum Gasteiger partial charge on any atom is -0.481 e. The number of unbranched alkanes of at least 4 members (excludes halogenated alkanes) is 1. The molecule has 0 aliphatic heterocycles. The first-order valence-electron chi connectivity index (χ1n) is 4.59. The number of nitrogens with two attached hydrogens (primary N) is 1. The van der Waals surface area contributed by atoms with E-state index in [0.717, 1.165) is 6.42 Å². The van der Waals surface area contributed by atoms with Gasteiger partial charge in [0.05, 0.1) is 0 Å². The van der Waals surface area contributed by atoms with Crippen LogP contribution in [0.5, 0.6) is 0 Å². The van der Waals surface area contributed by atoms with Gasteiger partial charge in [-0.15, -0.1) is 0 Å². The van der Waals surface area contributed by atoms with Crippen molar-refractivity contribution in [1.29, 1.82) is 0 Å². The maximum atomic E-state index is 11.1. The summed E-state index contributed by atoms with van der Waals surface area (Å²) in [6.45, 7) is 2.23. The lowest BCUT2D eigenvalue weighted by molar-refractivity contribution is -0.146. The molecule has 0 saturated carbocycles. The van der Waals surface area contributed by atoms with Crippen LogP contribution in [0.3, 0.4) is 0 Å². The Labute approximate surface area is 78.1 Å². The summed E-state index contributed by atoms with van der Waals surface area (Å²) < 4.78 is 0. The molecule has 0 aromatic carbocycles. The van der Waals surface area contributed by atoms with E-state index >= 15 is 0 Å². The van der Waals surface area contributed by atoms with E-state index in [4.69, 9.17) is 10.8 Å². The highest BCUT2D eigenvalue weighted by atomic mass is 16.4. The molecular weight excluding hydrogens is 170 g/mol. The fourth-order valence-electron chi connectivity index (χ4n) is 1.16. The second-order valence-corrected chi connectivity index (χ2v) is 3.00. The van der Waals surface area contributed by atoms with E-state index in [1.54, 1.807) is 6.92 Å². The number of hydrogen-bond acceptors (Lipinski definition) is 3. The molecular formula is C9H17NO3. The molecule has 0 amide bonds. The summed E-state index contributed by atoms with van der Waals surface area (Å²) in [5.74, 6) is -2.02. The standard InChI is InChI=1S/C9H17NO3/c1-2-8(11)7(9(12)13)5-3-4-6-10/h7H,2-6,10H2,1H3,(H,12,13). The van der Waals surface area contributed by atoms with Crippen LogP contribution in [0.4, 0.5) is 0 Å². The van der Waals surface area contributed by atoms with Crippen LogP contribution in [0, 0.1) is 5.92 Å². The molecule has 0 spiro atoms. The van der Waals surface area contributed by atoms with Crippen LogP contribution in [-0.4, -0.2) is 23.4 Å². The molecule has 0 aliphatic carbocycles. The molecule has 0 rings (SSSR count). The van der Waals surface area contributed by atoms with Gasteiger partial charge < -0.3 is 10.8 Å². The van der Waals surface area contributed by atoms with Gasteiger partial charge in [-0.05, 0) is 19.4 Å². The molecule has 0 heterocycles. The number of hydrogen-bond donors (Lipinski definition) is 2. The molecule has 76 valence electrons. The molecule has 0 aromatic rings. The number of carboxylic acid groups (broad SMARTS) is 1. The highest BCUT2D eigenvalue weighted by molar-refractivity contribution is 5.97. The third-order valence-corrected chi connectivity index (χ3v) is 1.98. The SMILES string of the molecule is CCC(=O)C(CCCCN)C(=O)O. The van der Waals surface area contributed by atoms with Crippen molar-refractivity contribution in [3.63, 3.8) is 0 Å². The molecule has 3 N–H and O–H groups in total. The van der Waals surface area contributed by atoms with Crippen molar-refractivity contribution in [2.75, 3.05) is 6.54 Å². The molecule has 0 bridgehead atoms. The fraction of sp³-hybridized carbons (Fsp3) is 0.778. The third-order valence-electron chi connectivity index (χ3n) is 1.98. The number of aliphatic carboxylic acids is 1. The van der Waals surface area contributed by atoms with Gasteiger partial charge in [-0.2, -0.15) is 0 Å². The Bertz CT molecular complexity index is 180. The van der Waals surface area contributed by atoms with E-state index in [1.807, 2.05) is 0 Å². The zero-order chi connectivity index (χ0) is 10.3. The van der Waals surface area contributed by atoms with Crippen molar-refractivity contribution >= 4 is 11.8 Å². The predicted octanol–water partition coefficient (Wildman–Crippen LogP) is 0.795. The Hall–Kier alpha value is -0.900. The van der Waals surface area contributed by atoms with E-state index in [9.17, 15) is 9.59 Å². The van der Waals surface area contributed by atoms with Crippen molar-refractivity contribution in [3.8, 4) is 0 Å². The van der Waals surface area contributed by atoms with Crippen LogP contribution in [0.2, 0.25) is 0 Å². The van der Waals surface area contributed by atoms with Gasteiger partial charge in [0.1, 0.15) is 11.7 Å². The summed E-state index contributed by atoms with van der Waals surface area (Å²) in [6, 6.07) is 0. The maximum absolute atomic E-state index is 11.1. The zero-order valence-corrected chi connectivity index (χ0v) is 7.95. The molecule has 4 heteroatoms. The van der Waals surface area contributed by atoms with Crippen molar-refractivity contribution in [3.05, 3.63) is 0 Å². The number of carbonyl (C=O) groups excluding carboxylic acids is 1. The van der Waals surface area contributed by atoms with E-state index in [0.29, 0.717) is 25.8 Å². The van der Waals surface area contributed by atoms with Gasteiger partial charge in [-0.25, -0.2) is 0 Å². The van der Waals surface area contributed by atoms with Crippen molar-refractivity contribution in [2.45, 2.75) is 32.6 Å². The van der Waals surface area contributed by atoms with Gasteiger partial charge in [0.2, 0.25) is 0 Å². The average Bonchev–Trinajstić information content (AvgIpc) is 2.11. The smallest absolute Gasteiger partial charge is 0.314 e. The summed E-state index contributed by atoms with van der Waals surface area (Å²) in [5, 5.41) is 8.72. The van der Waals surface area contributed by atoms with Crippen LogP contribution in [-0.2, 0) is 9.59 Å². The van der Waals surface area contributed by atoms with Crippen LogP contribution in [0.15, 0.2) is 0 Å². The first-order chi connectivity index (χ1) is 6.13. The number of carboxylic acids is 1. The van der Waals surface area contributed by atoms with Gasteiger partial charge in [-0.1, -0.05) is 13.3 Å². The molecule has 4 nitrogen and oxygen atoms in total. The average molecular weight is 187 g/mol. The maximum Gasteiger partial charge on any atom is 0.314 e. The lowest BCUT2D eigenvalue weighted by Gasteiger charge is -2.08. The lowest BCUT2D eigenvalue weighted by Crippen LogP contribution is -2.23. The van der Waals surface area contributed by atoms with E-state index in [-0.39, 0.29) is 5.78 Å². The lowest BCUT2D eigenvalue weighted by atomic mass is 9.96. The molecule has 13 heavy (non-hydrogen) atoms. The highest BCUT2D eigenvalue weighted by Gasteiger charge is 2.23. The fourth-order valence-corrected chi connectivity index (χ4v) is 1.16. The first kappa shape index (κ1) is 12.1. The van der Waals surface area contributed by atoms with Crippen molar-refractivity contribution in [1.82, 2.24) is 0 Å². The Morgan fingerprint density at radius 2 is 2.00 bits per heavy atom. The van der Waals surface area contributed by atoms with Crippen LogP contribution < -0.4 is 5.73 Å². The molecule has 0 radical (unpaired) electrons. The zero-order valence-electron chi connectivity index (χ0n) is 7.95. The van der Waals surface area contributed by atoms with E-state index in [2.05, 4.69) is 0 Å². The third kappa shape index (κ3) is 4.62. The Balaban J connectivity index is 3.95. The Morgan fingerprint density at radius 3 is 2.38 bits per heavy atom. The summed E-state index contributed by atoms with van der Waals surface area (Å²) in [5.41, 5.74) is 5.27. The van der Waals surface area contributed by atoms with Crippen molar-refractivity contribution in [2.24, 2.45) is 11.7 Å². The van der Waals surface area contributed by atoms with Gasteiger partial charge in [0.15, 0.2) is 0 Å². The Kier molecular flexibility index (Phi) is 6.14. The van der Waals surface area contributed by atoms with E-state index < -0.39 is 11.9 Å². The Morgan fingerprint density at radius 1 is 1.38 bits per heavy atom. The molecule has 0 saturated heterocycles. The summed E-state index contributed by atoms with van der Waals surface area (Å²) >= 11 is 0. The van der Waals surface area contributed by atoms with E-state index in [1.165, 1.54) is 0 Å². The van der Waals surface area contributed by atoms with Gasteiger partial charge >= 0.3 is 5.97 Å². The minimum absolute atomic E-state index is 0.190. The number of Topliss-reactive ketones (excluding diaryl/α,β-unsaturated/α-hetero) is 1. The monoisotopic (exact) mass is 187 g/mol.